The lowest BCUT2D eigenvalue weighted by molar-refractivity contribution is -0.119. The fraction of sp³-hybridized carbons (Fsp3) is 0.143. The van der Waals surface area contributed by atoms with E-state index in [4.69, 9.17) is 9.68 Å². The summed E-state index contributed by atoms with van der Waals surface area (Å²) in [5.41, 5.74) is 1.30. The molecular weight excluding hydrogens is 242 g/mol. The van der Waals surface area contributed by atoms with Gasteiger partial charge < -0.3 is 15.1 Å². The Morgan fingerprint density at radius 2 is 2.21 bits per heavy atom. The molecule has 0 saturated heterocycles. The van der Waals surface area contributed by atoms with E-state index in [0.29, 0.717) is 17.9 Å². The van der Waals surface area contributed by atoms with Gasteiger partial charge >= 0.3 is 0 Å². The van der Waals surface area contributed by atoms with E-state index in [1.807, 2.05) is 6.07 Å². The lowest BCUT2D eigenvalue weighted by Crippen LogP contribution is -2.29. The number of carbonyl (C=O) groups is 1. The number of furan rings is 1. The van der Waals surface area contributed by atoms with Gasteiger partial charge in [-0.05, 0) is 30.3 Å². The second-order valence-corrected chi connectivity index (χ2v) is 3.90. The Kier molecular flexibility index (Phi) is 4.19. The van der Waals surface area contributed by atoms with Crippen molar-refractivity contribution >= 4 is 11.6 Å². The van der Waals surface area contributed by atoms with Crippen molar-refractivity contribution in [3.05, 3.63) is 54.0 Å². The molecule has 19 heavy (non-hydrogen) atoms. The number of benzene rings is 1. The molecule has 0 bridgehead atoms. The molecular formula is C14H13N3O2. The van der Waals surface area contributed by atoms with Crippen LogP contribution in [0.2, 0.25) is 0 Å². The van der Waals surface area contributed by atoms with Crippen LogP contribution in [0.1, 0.15) is 11.3 Å². The summed E-state index contributed by atoms with van der Waals surface area (Å²) in [6.45, 7) is 0.515. The zero-order valence-electron chi connectivity index (χ0n) is 10.2. The minimum absolute atomic E-state index is 0.140. The molecule has 5 nitrogen and oxygen atoms in total. The number of rotatable bonds is 5. The topological polar surface area (TPSA) is 78.1 Å². The van der Waals surface area contributed by atoms with Gasteiger partial charge in [0.25, 0.3) is 0 Å². The smallest absolute Gasteiger partial charge is 0.239 e. The van der Waals surface area contributed by atoms with Crippen molar-refractivity contribution in [2.24, 2.45) is 0 Å². The average Bonchev–Trinajstić information content (AvgIpc) is 2.96. The molecule has 0 fully saturated rings. The minimum atomic E-state index is -0.140. The van der Waals surface area contributed by atoms with Crippen molar-refractivity contribution in [3.63, 3.8) is 0 Å². The summed E-state index contributed by atoms with van der Waals surface area (Å²) in [5.74, 6) is 0.568. The third-order valence-corrected chi connectivity index (χ3v) is 2.48. The molecule has 0 spiro atoms. The zero-order chi connectivity index (χ0) is 13.5. The summed E-state index contributed by atoms with van der Waals surface area (Å²) in [6.07, 6.45) is 1.56. The third-order valence-electron chi connectivity index (χ3n) is 2.48. The van der Waals surface area contributed by atoms with Crippen LogP contribution in [-0.4, -0.2) is 12.5 Å². The van der Waals surface area contributed by atoms with Gasteiger partial charge in [-0.25, -0.2) is 0 Å². The molecule has 96 valence electrons. The molecule has 0 saturated carbocycles. The molecule has 0 aliphatic heterocycles. The number of anilines is 1. The van der Waals surface area contributed by atoms with Crippen LogP contribution in [0.3, 0.4) is 0 Å². The van der Waals surface area contributed by atoms with E-state index in [2.05, 4.69) is 10.6 Å². The average molecular weight is 255 g/mol. The molecule has 1 aromatic carbocycles. The maximum absolute atomic E-state index is 11.6. The van der Waals surface area contributed by atoms with Crippen molar-refractivity contribution in [2.75, 3.05) is 11.9 Å². The summed E-state index contributed by atoms with van der Waals surface area (Å²) in [4.78, 5) is 11.6. The number of nitrogens with one attached hydrogen (secondary N) is 2. The molecule has 1 aromatic heterocycles. The van der Waals surface area contributed by atoms with E-state index in [0.717, 1.165) is 5.69 Å². The maximum atomic E-state index is 11.6. The Labute approximate surface area is 110 Å². The normalized spacial score (nSPS) is 9.63. The van der Waals surface area contributed by atoms with Crippen LogP contribution in [0.15, 0.2) is 47.1 Å². The molecule has 0 aliphatic carbocycles. The van der Waals surface area contributed by atoms with Crippen LogP contribution in [0.4, 0.5) is 5.69 Å². The summed E-state index contributed by atoms with van der Waals surface area (Å²) in [6, 6.07) is 12.6. The number of nitrogens with zero attached hydrogens (tertiary/aromatic N) is 1. The van der Waals surface area contributed by atoms with Crippen LogP contribution >= 0.6 is 0 Å². The molecule has 0 radical (unpaired) electrons. The van der Waals surface area contributed by atoms with Gasteiger partial charge in [-0.15, -0.1) is 0 Å². The monoisotopic (exact) mass is 255 g/mol. The van der Waals surface area contributed by atoms with E-state index < -0.39 is 0 Å². The Hall–Kier alpha value is -2.74. The molecule has 2 N–H and O–H groups in total. The van der Waals surface area contributed by atoms with Crippen molar-refractivity contribution < 1.29 is 9.21 Å². The second kappa shape index (κ2) is 6.26. The third kappa shape index (κ3) is 3.89. The molecule has 2 aromatic rings. The summed E-state index contributed by atoms with van der Waals surface area (Å²) in [7, 11) is 0. The Balaban J connectivity index is 1.78. The SMILES string of the molecule is N#Cc1cccc(NCC(=O)NCc2ccco2)c1. The number of nitriles is 1. The number of carbonyl (C=O) groups excluding carboxylic acids is 1. The highest BCUT2D eigenvalue weighted by Gasteiger charge is 2.02. The Bertz CT molecular complexity index is 585. The predicted octanol–water partition coefficient (Wildman–Crippen LogP) is 1.88. The minimum Gasteiger partial charge on any atom is -0.467 e. The van der Waals surface area contributed by atoms with Crippen LogP contribution in [0, 0.1) is 11.3 Å². The zero-order valence-corrected chi connectivity index (χ0v) is 10.2. The lowest BCUT2D eigenvalue weighted by atomic mass is 10.2. The molecule has 1 heterocycles. The molecule has 0 unspecified atom stereocenters. The van der Waals surface area contributed by atoms with E-state index in [9.17, 15) is 4.79 Å². The van der Waals surface area contributed by atoms with Crippen molar-refractivity contribution in [2.45, 2.75) is 6.54 Å². The van der Waals surface area contributed by atoms with Crippen LogP contribution in [0.25, 0.3) is 0 Å². The lowest BCUT2D eigenvalue weighted by Gasteiger charge is -2.07. The van der Waals surface area contributed by atoms with Gasteiger partial charge in [0.05, 0.1) is 31.0 Å². The van der Waals surface area contributed by atoms with Crippen molar-refractivity contribution in [1.29, 1.82) is 5.26 Å². The summed E-state index contributed by atoms with van der Waals surface area (Å²) in [5, 5.41) is 14.4. The first-order valence-corrected chi connectivity index (χ1v) is 5.81. The number of hydrogen-bond donors (Lipinski definition) is 2. The molecule has 0 aliphatic rings. The number of amides is 1. The second-order valence-electron chi connectivity index (χ2n) is 3.90. The maximum Gasteiger partial charge on any atom is 0.239 e. The molecule has 1 amide bonds. The van der Waals surface area contributed by atoms with Gasteiger partial charge in [0.15, 0.2) is 0 Å². The number of hydrogen-bond acceptors (Lipinski definition) is 4. The van der Waals surface area contributed by atoms with Gasteiger partial charge in [0.1, 0.15) is 5.76 Å². The first-order chi connectivity index (χ1) is 9.28. The fourth-order valence-electron chi connectivity index (χ4n) is 1.54. The quantitative estimate of drug-likeness (QED) is 0.855. The molecule has 2 rings (SSSR count). The largest absolute Gasteiger partial charge is 0.467 e. The molecule has 5 heteroatoms. The first kappa shape index (κ1) is 12.7. The van der Waals surface area contributed by atoms with Gasteiger partial charge in [-0.1, -0.05) is 6.07 Å². The Morgan fingerprint density at radius 3 is 2.95 bits per heavy atom. The highest BCUT2D eigenvalue weighted by atomic mass is 16.3. The summed E-state index contributed by atoms with van der Waals surface area (Å²) < 4.78 is 5.11. The van der Waals surface area contributed by atoms with Gasteiger partial charge in [-0.2, -0.15) is 5.26 Å². The fourth-order valence-corrected chi connectivity index (χ4v) is 1.54. The van der Waals surface area contributed by atoms with E-state index in [1.165, 1.54) is 0 Å². The highest BCUT2D eigenvalue weighted by molar-refractivity contribution is 5.80. The Morgan fingerprint density at radius 1 is 1.32 bits per heavy atom. The van der Waals surface area contributed by atoms with Crippen molar-refractivity contribution in [3.8, 4) is 6.07 Å². The molecule has 0 atom stereocenters. The standard InChI is InChI=1S/C14H13N3O2/c15-8-11-3-1-4-12(7-11)16-10-14(18)17-9-13-5-2-6-19-13/h1-7,16H,9-10H2,(H,17,18). The summed E-state index contributed by atoms with van der Waals surface area (Å²) >= 11 is 0. The highest BCUT2D eigenvalue weighted by Crippen LogP contribution is 2.08. The van der Waals surface area contributed by atoms with E-state index in [-0.39, 0.29) is 12.5 Å². The van der Waals surface area contributed by atoms with Crippen LogP contribution in [-0.2, 0) is 11.3 Å². The van der Waals surface area contributed by atoms with Gasteiger partial charge in [0, 0.05) is 5.69 Å². The van der Waals surface area contributed by atoms with Gasteiger partial charge in [0.2, 0.25) is 5.91 Å². The van der Waals surface area contributed by atoms with Gasteiger partial charge in [-0.3, -0.25) is 4.79 Å². The van der Waals surface area contributed by atoms with Crippen molar-refractivity contribution in [1.82, 2.24) is 5.32 Å². The van der Waals surface area contributed by atoms with E-state index >= 15 is 0 Å². The van der Waals surface area contributed by atoms with Crippen LogP contribution < -0.4 is 10.6 Å². The first-order valence-electron chi connectivity index (χ1n) is 5.81. The van der Waals surface area contributed by atoms with E-state index in [1.54, 1.807) is 42.7 Å². The van der Waals surface area contributed by atoms with Crippen LogP contribution in [0.5, 0.6) is 0 Å². The predicted molar refractivity (Wildman–Crippen MR) is 70.2 cm³/mol.